The summed E-state index contributed by atoms with van der Waals surface area (Å²) in [6.45, 7) is 1.80. The zero-order chi connectivity index (χ0) is 15.3. The van der Waals surface area contributed by atoms with Crippen LogP contribution in [0.25, 0.3) is 0 Å². The third-order valence-electron chi connectivity index (χ3n) is 2.41. The van der Waals surface area contributed by atoms with Crippen LogP contribution in [0.5, 0.6) is 5.75 Å². The summed E-state index contributed by atoms with van der Waals surface area (Å²) in [4.78, 5) is 12.0. The number of nitrogens with two attached hydrogens (primary N) is 1. The van der Waals surface area contributed by atoms with Gasteiger partial charge in [-0.05, 0) is 30.7 Å². The summed E-state index contributed by atoms with van der Waals surface area (Å²) in [6.07, 6.45) is -4.24. The smallest absolute Gasteiger partial charge is 0.406 e. The molecule has 20 heavy (non-hydrogen) atoms. The average Bonchev–Trinajstić information content (AvgIpc) is 2.34. The van der Waals surface area contributed by atoms with E-state index < -0.39 is 24.1 Å². The van der Waals surface area contributed by atoms with Gasteiger partial charge in [-0.1, -0.05) is 19.1 Å². The number of thiocarbonyl (C=S) groups is 1. The zero-order valence-electron chi connectivity index (χ0n) is 10.5. The second kappa shape index (κ2) is 6.56. The highest BCUT2D eigenvalue weighted by molar-refractivity contribution is 7.80. The van der Waals surface area contributed by atoms with Crippen molar-refractivity contribution in [3.8, 4) is 5.75 Å². The molecule has 4 nitrogen and oxygen atoms in total. The molecule has 0 aliphatic carbocycles. The highest BCUT2D eigenvalue weighted by Gasteiger charge is 2.31. The molecule has 1 rings (SSSR count). The maximum Gasteiger partial charge on any atom is 0.573 e. The highest BCUT2D eigenvalue weighted by Crippen LogP contribution is 2.22. The van der Waals surface area contributed by atoms with E-state index in [1.165, 1.54) is 12.1 Å². The molecule has 110 valence electrons. The normalized spacial score (nSPS) is 12.6. The molecule has 0 bridgehead atoms. The van der Waals surface area contributed by atoms with Crippen molar-refractivity contribution in [3.05, 3.63) is 29.8 Å². The Morgan fingerprint density at radius 3 is 2.35 bits per heavy atom. The molecule has 1 amide bonds. The van der Waals surface area contributed by atoms with Gasteiger partial charge in [-0.3, -0.25) is 4.79 Å². The molecule has 0 aromatic heterocycles. The van der Waals surface area contributed by atoms with Gasteiger partial charge in [-0.25, -0.2) is 0 Å². The van der Waals surface area contributed by atoms with Gasteiger partial charge >= 0.3 is 6.36 Å². The van der Waals surface area contributed by atoms with E-state index in [4.69, 9.17) is 18.0 Å². The molecule has 1 aromatic carbocycles. The number of carbonyl (C=O) groups is 1. The Hall–Kier alpha value is -1.83. The van der Waals surface area contributed by atoms with E-state index in [-0.39, 0.29) is 10.6 Å². The molecule has 3 N–H and O–H groups in total. The third kappa shape index (κ3) is 5.04. The summed E-state index contributed by atoms with van der Waals surface area (Å²) in [5.74, 6) is -0.862. The minimum absolute atomic E-state index is 0.151. The van der Waals surface area contributed by atoms with Gasteiger partial charge in [0.05, 0.1) is 11.0 Å². The first-order chi connectivity index (χ1) is 9.23. The number of rotatable bonds is 5. The van der Waals surface area contributed by atoms with E-state index in [1.54, 1.807) is 6.92 Å². The van der Waals surface area contributed by atoms with Crippen molar-refractivity contribution in [2.45, 2.75) is 25.7 Å². The number of nitrogens with one attached hydrogen (secondary N) is 1. The molecule has 0 spiro atoms. The SMILES string of the molecule is CCC(NC(=O)c1ccc(OC(F)(F)F)cc1)C(N)=S. The van der Waals surface area contributed by atoms with E-state index in [9.17, 15) is 18.0 Å². The summed E-state index contributed by atoms with van der Waals surface area (Å²) in [6, 6.07) is 4.11. The van der Waals surface area contributed by atoms with Gasteiger partial charge in [0.25, 0.3) is 5.91 Å². The second-order valence-electron chi connectivity index (χ2n) is 3.91. The van der Waals surface area contributed by atoms with Crippen LogP contribution in [-0.2, 0) is 0 Å². The number of hydrogen-bond donors (Lipinski definition) is 2. The summed E-state index contributed by atoms with van der Waals surface area (Å²) in [5.41, 5.74) is 5.63. The lowest BCUT2D eigenvalue weighted by molar-refractivity contribution is -0.274. The van der Waals surface area contributed by atoms with Crippen molar-refractivity contribution in [2.24, 2.45) is 5.73 Å². The number of carbonyl (C=O) groups excluding carboxylic acids is 1. The number of amides is 1. The van der Waals surface area contributed by atoms with Gasteiger partial charge in [0.2, 0.25) is 0 Å². The van der Waals surface area contributed by atoms with Crippen LogP contribution >= 0.6 is 12.2 Å². The van der Waals surface area contributed by atoms with E-state index >= 15 is 0 Å². The molecule has 0 saturated carbocycles. The zero-order valence-corrected chi connectivity index (χ0v) is 11.3. The maximum absolute atomic E-state index is 12.0. The Kier molecular flexibility index (Phi) is 5.32. The van der Waals surface area contributed by atoms with Crippen LogP contribution in [-0.4, -0.2) is 23.3 Å². The van der Waals surface area contributed by atoms with Gasteiger partial charge in [0.1, 0.15) is 5.75 Å². The molecule has 0 saturated heterocycles. The van der Waals surface area contributed by atoms with Crippen molar-refractivity contribution >= 4 is 23.1 Å². The lowest BCUT2D eigenvalue weighted by Gasteiger charge is -2.15. The largest absolute Gasteiger partial charge is 0.573 e. The third-order valence-corrected chi connectivity index (χ3v) is 2.69. The number of hydrogen-bond acceptors (Lipinski definition) is 3. The maximum atomic E-state index is 12.0. The predicted octanol–water partition coefficient (Wildman–Crippen LogP) is 2.38. The standard InChI is InChI=1S/C12H13F3N2O2S/c1-2-9(10(16)20)17-11(18)7-3-5-8(6-4-7)19-12(13,14)15/h3-6,9H,2H2,1H3,(H2,16,20)(H,17,18). The van der Waals surface area contributed by atoms with Gasteiger partial charge in [0.15, 0.2) is 0 Å². The lowest BCUT2D eigenvalue weighted by Crippen LogP contribution is -2.42. The van der Waals surface area contributed by atoms with Crippen LogP contribution in [0, 0.1) is 0 Å². The Balaban J connectivity index is 2.73. The fourth-order valence-electron chi connectivity index (χ4n) is 1.42. The molecule has 0 fully saturated rings. The number of alkyl halides is 3. The number of benzene rings is 1. The van der Waals surface area contributed by atoms with Gasteiger partial charge < -0.3 is 15.8 Å². The molecule has 1 aromatic rings. The minimum Gasteiger partial charge on any atom is -0.406 e. The molecule has 0 aliphatic heterocycles. The molecule has 0 aliphatic rings. The van der Waals surface area contributed by atoms with Crippen LogP contribution in [0.15, 0.2) is 24.3 Å². The van der Waals surface area contributed by atoms with Crippen molar-refractivity contribution in [3.63, 3.8) is 0 Å². The quantitative estimate of drug-likeness (QED) is 0.820. The van der Waals surface area contributed by atoms with E-state index in [2.05, 4.69) is 10.1 Å². The van der Waals surface area contributed by atoms with Crippen molar-refractivity contribution < 1.29 is 22.7 Å². The van der Waals surface area contributed by atoms with Crippen LogP contribution in [0.3, 0.4) is 0 Å². The predicted molar refractivity (Wildman–Crippen MR) is 71.5 cm³/mol. The van der Waals surface area contributed by atoms with Crippen LogP contribution in [0.4, 0.5) is 13.2 Å². The summed E-state index contributed by atoms with van der Waals surface area (Å²) in [7, 11) is 0. The van der Waals surface area contributed by atoms with Crippen LogP contribution < -0.4 is 15.8 Å². The summed E-state index contributed by atoms with van der Waals surface area (Å²) >= 11 is 4.78. The first-order valence-electron chi connectivity index (χ1n) is 5.69. The van der Waals surface area contributed by atoms with Crippen LogP contribution in [0.2, 0.25) is 0 Å². The first-order valence-corrected chi connectivity index (χ1v) is 6.09. The van der Waals surface area contributed by atoms with Crippen molar-refractivity contribution in [1.29, 1.82) is 0 Å². The van der Waals surface area contributed by atoms with Crippen molar-refractivity contribution in [2.75, 3.05) is 0 Å². The van der Waals surface area contributed by atoms with Crippen LogP contribution in [0.1, 0.15) is 23.7 Å². The molecule has 1 atom stereocenters. The topological polar surface area (TPSA) is 64.3 Å². The molecule has 1 unspecified atom stereocenters. The minimum atomic E-state index is -4.76. The number of halogens is 3. The lowest BCUT2D eigenvalue weighted by atomic mass is 10.1. The fraction of sp³-hybridized carbons (Fsp3) is 0.333. The molecular weight excluding hydrogens is 293 g/mol. The molecule has 0 heterocycles. The highest BCUT2D eigenvalue weighted by atomic mass is 32.1. The Morgan fingerprint density at radius 2 is 1.95 bits per heavy atom. The van der Waals surface area contributed by atoms with E-state index in [0.717, 1.165) is 12.1 Å². The first kappa shape index (κ1) is 16.2. The van der Waals surface area contributed by atoms with E-state index in [0.29, 0.717) is 6.42 Å². The van der Waals surface area contributed by atoms with Gasteiger partial charge in [-0.15, -0.1) is 13.2 Å². The molecule has 8 heteroatoms. The Morgan fingerprint density at radius 1 is 1.40 bits per heavy atom. The monoisotopic (exact) mass is 306 g/mol. The summed E-state index contributed by atoms with van der Waals surface area (Å²) in [5, 5.41) is 2.58. The Labute approximate surface area is 119 Å². The number of ether oxygens (including phenoxy) is 1. The molecular formula is C12H13F3N2O2S. The van der Waals surface area contributed by atoms with Crippen molar-refractivity contribution in [1.82, 2.24) is 5.32 Å². The summed E-state index contributed by atoms with van der Waals surface area (Å²) < 4.78 is 39.6. The molecule has 0 radical (unpaired) electrons. The Bertz CT molecular complexity index is 488. The van der Waals surface area contributed by atoms with Gasteiger partial charge in [-0.2, -0.15) is 0 Å². The van der Waals surface area contributed by atoms with Gasteiger partial charge in [0, 0.05) is 5.56 Å². The van der Waals surface area contributed by atoms with E-state index in [1.807, 2.05) is 0 Å². The second-order valence-corrected chi connectivity index (χ2v) is 4.38. The average molecular weight is 306 g/mol. The fourth-order valence-corrected chi connectivity index (χ4v) is 1.65.